The van der Waals surface area contributed by atoms with Crippen LogP contribution < -0.4 is 5.32 Å². The minimum absolute atomic E-state index is 0.281. The van der Waals surface area contributed by atoms with Crippen molar-refractivity contribution in [2.24, 2.45) is 5.92 Å². The van der Waals surface area contributed by atoms with Gasteiger partial charge in [0.2, 0.25) is 0 Å². The van der Waals surface area contributed by atoms with Crippen molar-refractivity contribution in [1.82, 2.24) is 5.32 Å². The third-order valence-electron chi connectivity index (χ3n) is 2.98. The van der Waals surface area contributed by atoms with Gasteiger partial charge in [0, 0.05) is 18.0 Å². The molecule has 0 fully saturated rings. The maximum Gasteiger partial charge on any atom is 0.0750 e. The molecule has 1 N–H and O–H groups in total. The Labute approximate surface area is 109 Å². The van der Waals surface area contributed by atoms with E-state index in [1.807, 2.05) is 18.4 Å². The summed E-state index contributed by atoms with van der Waals surface area (Å²) in [6.45, 7) is 7.71. The molecule has 1 aromatic heterocycles. The molecule has 3 heteroatoms. The molecule has 0 saturated heterocycles. The zero-order valence-corrected chi connectivity index (χ0v) is 12.2. The molecule has 0 aliphatic heterocycles. The van der Waals surface area contributed by atoms with Crippen LogP contribution in [0.3, 0.4) is 0 Å². The first-order chi connectivity index (χ1) is 8.19. The summed E-state index contributed by atoms with van der Waals surface area (Å²) in [7, 11) is 1.82. The van der Waals surface area contributed by atoms with E-state index in [0.29, 0.717) is 12.0 Å². The van der Waals surface area contributed by atoms with Crippen molar-refractivity contribution in [2.75, 3.05) is 13.7 Å². The molecule has 0 aromatic carbocycles. The molecule has 2 atom stereocenters. The fourth-order valence-electron chi connectivity index (χ4n) is 2.18. The lowest BCUT2D eigenvalue weighted by atomic mass is 9.96. The maximum atomic E-state index is 5.66. The summed E-state index contributed by atoms with van der Waals surface area (Å²) in [6, 6.07) is 4.74. The SMILES string of the molecule is CCCNC(Cc1cccs1)C(OC)C(C)C. The molecule has 0 aliphatic rings. The van der Waals surface area contributed by atoms with E-state index < -0.39 is 0 Å². The molecular weight excluding hydrogens is 230 g/mol. The molecule has 1 rings (SSSR count). The smallest absolute Gasteiger partial charge is 0.0750 e. The van der Waals surface area contributed by atoms with Gasteiger partial charge in [0.05, 0.1) is 6.10 Å². The summed E-state index contributed by atoms with van der Waals surface area (Å²) in [5.41, 5.74) is 0. The van der Waals surface area contributed by atoms with Crippen molar-refractivity contribution in [2.45, 2.75) is 45.8 Å². The van der Waals surface area contributed by atoms with Crippen LogP contribution >= 0.6 is 11.3 Å². The van der Waals surface area contributed by atoms with Crippen LogP contribution in [-0.2, 0) is 11.2 Å². The molecule has 98 valence electrons. The molecule has 2 nitrogen and oxygen atoms in total. The van der Waals surface area contributed by atoms with E-state index in [9.17, 15) is 0 Å². The van der Waals surface area contributed by atoms with Crippen LogP contribution in [0.15, 0.2) is 17.5 Å². The number of methoxy groups -OCH3 is 1. The van der Waals surface area contributed by atoms with E-state index in [1.54, 1.807) is 0 Å². The molecular formula is C14H25NOS. The zero-order valence-electron chi connectivity index (χ0n) is 11.4. The van der Waals surface area contributed by atoms with E-state index in [0.717, 1.165) is 19.4 Å². The van der Waals surface area contributed by atoms with E-state index in [1.165, 1.54) is 4.88 Å². The maximum absolute atomic E-state index is 5.66. The molecule has 17 heavy (non-hydrogen) atoms. The van der Waals surface area contributed by atoms with Crippen molar-refractivity contribution in [3.05, 3.63) is 22.4 Å². The fraction of sp³-hybridized carbons (Fsp3) is 0.714. The fourth-order valence-corrected chi connectivity index (χ4v) is 2.95. The molecule has 0 bridgehead atoms. The molecule has 0 aliphatic carbocycles. The highest BCUT2D eigenvalue weighted by Gasteiger charge is 2.24. The minimum Gasteiger partial charge on any atom is -0.380 e. The zero-order chi connectivity index (χ0) is 12.7. The van der Waals surface area contributed by atoms with Crippen LogP contribution in [0.4, 0.5) is 0 Å². The van der Waals surface area contributed by atoms with Gasteiger partial charge in [-0.2, -0.15) is 0 Å². The molecule has 1 heterocycles. The highest BCUT2D eigenvalue weighted by atomic mass is 32.1. The number of hydrogen-bond acceptors (Lipinski definition) is 3. The quantitative estimate of drug-likeness (QED) is 0.769. The van der Waals surface area contributed by atoms with Crippen LogP contribution in [0.25, 0.3) is 0 Å². The summed E-state index contributed by atoms with van der Waals surface area (Å²) in [5.74, 6) is 0.536. The second kappa shape index (κ2) is 7.85. The van der Waals surface area contributed by atoms with Gasteiger partial charge in [0.25, 0.3) is 0 Å². The van der Waals surface area contributed by atoms with Crippen LogP contribution in [0, 0.1) is 5.92 Å². The average Bonchev–Trinajstić information content (AvgIpc) is 2.78. The van der Waals surface area contributed by atoms with Crippen molar-refractivity contribution < 1.29 is 4.74 Å². The normalized spacial score (nSPS) is 15.1. The monoisotopic (exact) mass is 255 g/mol. The Hall–Kier alpha value is -0.380. The lowest BCUT2D eigenvalue weighted by molar-refractivity contribution is 0.0335. The van der Waals surface area contributed by atoms with E-state index in [2.05, 4.69) is 43.6 Å². The first-order valence-electron chi connectivity index (χ1n) is 6.47. The standard InChI is InChI=1S/C14H25NOS/c1-5-8-15-13(14(16-4)11(2)3)10-12-7-6-9-17-12/h6-7,9,11,13-15H,5,8,10H2,1-4H3. The first-order valence-corrected chi connectivity index (χ1v) is 7.35. The van der Waals surface area contributed by atoms with Gasteiger partial charge in [-0.05, 0) is 36.8 Å². The summed E-state index contributed by atoms with van der Waals surface area (Å²) in [5, 5.41) is 5.76. The van der Waals surface area contributed by atoms with Gasteiger partial charge in [-0.3, -0.25) is 0 Å². The average molecular weight is 255 g/mol. The Kier molecular flexibility index (Phi) is 6.78. The van der Waals surface area contributed by atoms with Crippen molar-refractivity contribution in [3.63, 3.8) is 0 Å². The van der Waals surface area contributed by atoms with E-state index >= 15 is 0 Å². The topological polar surface area (TPSA) is 21.3 Å². The summed E-state index contributed by atoms with van der Waals surface area (Å²) in [6.07, 6.45) is 2.51. The van der Waals surface area contributed by atoms with Crippen LogP contribution in [-0.4, -0.2) is 25.8 Å². The molecule has 0 amide bonds. The molecule has 1 aromatic rings. The van der Waals surface area contributed by atoms with Gasteiger partial charge < -0.3 is 10.1 Å². The number of rotatable bonds is 8. The van der Waals surface area contributed by atoms with Gasteiger partial charge in [0.1, 0.15) is 0 Å². The Bertz CT molecular complexity index is 284. The Balaban J connectivity index is 2.64. The third-order valence-corrected chi connectivity index (χ3v) is 3.88. The second-order valence-corrected chi connectivity index (χ2v) is 5.82. The largest absolute Gasteiger partial charge is 0.380 e. The summed E-state index contributed by atoms with van der Waals surface area (Å²) < 4.78 is 5.66. The lowest BCUT2D eigenvalue weighted by Crippen LogP contribution is -2.45. The second-order valence-electron chi connectivity index (χ2n) is 4.79. The van der Waals surface area contributed by atoms with Gasteiger partial charge in [-0.25, -0.2) is 0 Å². The minimum atomic E-state index is 0.281. The third kappa shape index (κ3) is 4.78. The molecule has 0 radical (unpaired) electrons. The highest BCUT2D eigenvalue weighted by Crippen LogP contribution is 2.18. The van der Waals surface area contributed by atoms with Crippen molar-refractivity contribution in [1.29, 1.82) is 0 Å². The Morgan fingerprint density at radius 3 is 2.65 bits per heavy atom. The number of nitrogens with one attached hydrogen (secondary N) is 1. The number of hydrogen-bond donors (Lipinski definition) is 1. The predicted octanol–water partition coefficient (Wildman–Crippen LogP) is 3.33. The lowest BCUT2D eigenvalue weighted by Gasteiger charge is -2.29. The van der Waals surface area contributed by atoms with Gasteiger partial charge in [-0.15, -0.1) is 11.3 Å². The summed E-state index contributed by atoms with van der Waals surface area (Å²) >= 11 is 1.83. The van der Waals surface area contributed by atoms with Crippen LogP contribution in [0.5, 0.6) is 0 Å². The molecule has 2 unspecified atom stereocenters. The predicted molar refractivity (Wildman–Crippen MR) is 75.7 cm³/mol. The van der Waals surface area contributed by atoms with Gasteiger partial charge in [-0.1, -0.05) is 26.8 Å². The van der Waals surface area contributed by atoms with Crippen LogP contribution in [0.2, 0.25) is 0 Å². The number of ether oxygens (including phenoxy) is 1. The van der Waals surface area contributed by atoms with Crippen molar-refractivity contribution >= 4 is 11.3 Å². The first kappa shape index (κ1) is 14.7. The van der Waals surface area contributed by atoms with E-state index in [-0.39, 0.29) is 6.10 Å². The number of thiophene rings is 1. The van der Waals surface area contributed by atoms with Gasteiger partial charge in [0.15, 0.2) is 0 Å². The Morgan fingerprint density at radius 2 is 2.18 bits per heavy atom. The Morgan fingerprint density at radius 1 is 1.41 bits per heavy atom. The molecule has 0 spiro atoms. The summed E-state index contributed by atoms with van der Waals surface area (Å²) in [4.78, 5) is 1.43. The highest BCUT2D eigenvalue weighted by molar-refractivity contribution is 7.09. The van der Waals surface area contributed by atoms with Gasteiger partial charge >= 0.3 is 0 Å². The molecule has 0 saturated carbocycles. The van der Waals surface area contributed by atoms with Crippen molar-refractivity contribution in [3.8, 4) is 0 Å². The van der Waals surface area contributed by atoms with Crippen LogP contribution in [0.1, 0.15) is 32.1 Å². The van der Waals surface area contributed by atoms with E-state index in [4.69, 9.17) is 4.74 Å².